The second-order valence-corrected chi connectivity index (χ2v) is 7.68. The maximum atomic E-state index is 12.7. The molecule has 1 nitrogen and oxygen atoms in total. The van der Waals surface area contributed by atoms with Crippen molar-refractivity contribution in [2.45, 2.75) is 14.7 Å². The molecule has 3 aromatic rings. The van der Waals surface area contributed by atoms with Crippen molar-refractivity contribution in [3.05, 3.63) is 90.0 Å². The molecule has 7 heteroatoms. The van der Waals surface area contributed by atoms with E-state index in [2.05, 4.69) is 36.4 Å². The van der Waals surface area contributed by atoms with Gasteiger partial charge in [0.15, 0.2) is 5.78 Å². The molecule has 1 heterocycles. The fourth-order valence-electron chi connectivity index (χ4n) is 2.85. The molecule has 0 atom stereocenters. The minimum atomic E-state index is -6.00. The third-order valence-corrected chi connectivity index (χ3v) is 6.35. The Bertz CT molecular complexity index is 873. The average molecular weight is 377 g/mol. The highest BCUT2D eigenvalue weighted by Crippen LogP contribution is 2.56. The van der Waals surface area contributed by atoms with Crippen LogP contribution in [0.2, 0.25) is 0 Å². The van der Waals surface area contributed by atoms with E-state index in [9.17, 15) is 22.1 Å². The lowest BCUT2D eigenvalue weighted by molar-refractivity contribution is 0.103. The van der Waals surface area contributed by atoms with Crippen LogP contribution in [0.15, 0.2) is 93.5 Å². The van der Waals surface area contributed by atoms with Crippen molar-refractivity contribution in [3.8, 4) is 0 Å². The number of ketones is 1. The molecule has 134 valence electrons. The van der Waals surface area contributed by atoms with E-state index in [0.29, 0.717) is 0 Å². The van der Waals surface area contributed by atoms with E-state index in [1.165, 1.54) is 14.7 Å². The first-order valence-corrected chi connectivity index (χ1v) is 9.15. The first kappa shape index (κ1) is 18.3. The maximum absolute atomic E-state index is 12.7. The van der Waals surface area contributed by atoms with Crippen molar-refractivity contribution in [2.75, 3.05) is 0 Å². The van der Waals surface area contributed by atoms with Crippen LogP contribution in [0.25, 0.3) is 0 Å². The highest BCUT2D eigenvalue weighted by atomic mass is 32.2. The van der Waals surface area contributed by atoms with Gasteiger partial charge in [0.1, 0.15) is 0 Å². The number of rotatable bonds is 1. The molecule has 0 fully saturated rings. The molecule has 1 aliphatic heterocycles. The Hall–Kier alpha value is -2.54. The van der Waals surface area contributed by atoms with Crippen LogP contribution in [0.1, 0.15) is 15.9 Å². The zero-order valence-electron chi connectivity index (χ0n) is 13.5. The Labute approximate surface area is 151 Å². The number of hydrogen-bond donors (Lipinski definition) is 1. The average Bonchev–Trinajstić information content (AvgIpc) is 2.62. The number of fused-ring (bicyclic) bond motifs is 2. The van der Waals surface area contributed by atoms with Gasteiger partial charge in [0.25, 0.3) is 0 Å². The van der Waals surface area contributed by atoms with E-state index < -0.39 is 18.1 Å². The molecule has 4 rings (SSSR count). The second kappa shape index (κ2) is 7.37. The predicted octanol–water partition coefficient (Wildman–Crippen LogP) is 6.01. The summed E-state index contributed by atoms with van der Waals surface area (Å²) in [5.41, 5.74) is 1.71. The normalized spacial score (nSPS) is 14.0. The van der Waals surface area contributed by atoms with Crippen molar-refractivity contribution in [1.29, 1.82) is 0 Å². The summed E-state index contributed by atoms with van der Waals surface area (Å²) in [6.45, 7) is 0. The van der Waals surface area contributed by atoms with Gasteiger partial charge in [0, 0.05) is 20.9 Å². The zero-order valence-corrected chi connectivity index (χ0v) is 14.3. The SMILES string of the molecule is F[B-](F)(F)F.O=C1c2ccccc2[SH](c2ccccc2)c2ccccc21. The third-order valence-electron chi connectivity index (χ3n) is 3.79. The minimum Gasteiger partial charge on any atom is -0.418 e. The van der Waals surface area contributed by atoms with Gasteiger partial charge in [-0.15, -0.1) is 0 Å². The molecule has 0 aromatic heterocycles. The van der Waals surface area contributed by atoms with E-state index in [1.54, 1.807) is 0 Å². The van der Waals surface area contributed by atoms with E-state index in [1.807, 2.05) is 42.5 Å². The van der Waals surface area contributed by atoms with E-state index >= 15 is 0 Å². The number of benzene rings is 3. The molecular formula is C19H14BF4OS-. The fourth-order valence-corrected chi connectivity index (χ4v) is 5.44. The number of carbonyl (C=O) groups excluding carboxylic acids is 1. The Kier molecular flexibility index (Phi) is 5.18. The van der Waals surface area contributed by atoms with E-state index in [-0.39, 0.29) is 5.78 Å². The summed E-state index contributed by atoms with van der Waals surface area (Å²) in [5, 5.41) is 0. The summed E-state index contributed by atoms with van der Waals surface area (Å²) < 4.78 is 39.0. The second-order valence-electron chi connectivity index (χ2n) is 5.53. The van der Waals surface area contributed by atoms with Crippen LogP contribution >= 0.6 is 10.9 Å². The van der Waals surface area contributed by atoms with Crippen LogP contribution in [0.3, 0.4) is 0 Å². The summed E-state index contributed by atoms with van der Waals surface area (Å²) in [6.07, 6.45) is 0. The minimum absolute atomic E-state index is 0.149. The van der Waals surface area contributed by atoms with Gasteiger partial charge in [-0.05, 0) is 41.3 Å². The summed E-state index contributed by atoms with van der Waals surface area (Å²) in [7, 11) is -6.65. The van der Waals surface area contributed by atoms with Crippen LogP contribution in [0.5, 0.6) is 0 Å². The van der Waals surface area contributed by atoms with Gasteiger partial charge in [-0.1, -0.05) is 42.5 Å². The van der Waals surface area contributed by atoms with E-state index in [0.717, 1.165) is 11.1 Å². The molecule has 0 saturated carbocycles. The molecule has 0 unspecified atom stereocenters. The monoisotopic (exact) mass is 377 g/mol. The number of thiol groups is 1. The van der Waals surface area contributed by atoms with Crippen LogP contribution in [0.4, 0.5) is 17.3 Å². The first-order chi connectivity index (χ1) is 12.4. The third kappa shape index (κ3) is 3.99. The molecule has 0 amide bonds. The van der Waals surface area contributed by atoms with Crippen molar-refractivity contribution in [2.24, 2.45) is 0 Å². The summed E-state index contributed by atoms with van der Waals surface area (Å²) in [5.74, 6) is 0.149. The first-order valence-electron chi connectivity index (χ1n) is 7.81. The highest BCUT2D eigenvalue weighted by molar-refractivity contribution is 8.17. The lowest BCUT2D eigenvalue weighted by Gasteiger charge is -2.31. The number of hydrogen-bond acceptors (Lipinski definition) is 1. The molecule has 0 spiro atoms. The Morgan fingerprint density at radius 2 is 1.00 bits per heavy atom. The standard InChI is InChI=1S/C19H14OS.BF4/c20-19-15-10-4-6-12-17(15)21(14-8-2-1-3-9-14)18-13-7-5-11-16(18)19;2-1(3,4)5/h1-13,21H;/q;-1. The van der Waals surface area contributed by atoms with Crippen LogP contribution < -0.4 is 0 Å². The molecule has 1 aliphatic rings. The van der Waals surface area contributed by atoms with Crippen molar-refractivity contribution >= 4 is 23.9 Å². The van der Waals surface area contributed by atoms with Crippen molar-refractivity contribution < 1.29 is 22.1 Å². The number of carbonyl (C=O) groups is 1. The van der Waals surface area contributed by atoms with Gasteiger partial charge in [0.05, 0.1) is 0 Å². The number of halogens is 4. The molecule has 26 heavy (non-hydrogen) atoms. The lowest BCUT2D eigenvalue weighted by Crippen LogP contribution is -2.12. The summed E-state index contributed by atoms with van der Waals surface area (Å²) in [6, 6.07) is 26.5. The van der Waals surface area contributed by atoms with Gasteiger partial charge in [-0.2, -0.15) is 10.9 Å². The van der Waals surface area contributed by atoms with Gasteiger partial charge in [0.2, 0.25) is 0 Å². The van der Waals surface area contributed by atoms with Crippen molar-refractivity contribution in [3.63, 3.8) is 0 Å². The molecule has 0 saturated heterocycles. The maximum Gasteiger partial charge on any atom is 0.673 e. The molecule has 3 aromatic carbocycles. The van der Waals surface area contributed by atoms with E-state index in [4.69, 9.17) is 0 Å². The predicted molar refractivity (Wildman–Crippen MR) is 96.7 cm³/mol. The molecule has 0 bridgehead atoms. The van der Waals surface area contributed by atoms with Crippen molar-refractivity contribution in [1.82, 2.24) is 0 Å². The quantitative estimate of drug-likeness (QED) is 0.244. The fraction of sp³-hybridized carbons (Fsp3) is 0. The van der Waals surface area contributed by atoms with Gasteiger partial charge >= 0.3 is 7.25 Å². The topological polar surface area (TPSA) is 17.1 Å². The zero-order chi connectivity index (χ0) is 18.7. The summed E-state index contributed by atoms with van der Waals surface area (Å²) >= 11 is 0. The summed E-state index contributed by atoms with van der Waals surface area (Å²) in [4.78, 5) is 16.3. The van der Waals surface area contributed by atoms with Gasteiger partial charge in [-0.25, -0.2) is 0 Å². The Morgan fingerprint density at radius 1 is 0.615 bits per heavy atom. The molecular weight excluding hydrogens is 363 g/mol. The van der Waals surface area contributed by atoms with Gasteiger partial charge in [-0.3, -0.25) is 4.79 Å². The smallest absolute Gasteiger partial charge is 0.418 e. The Morgan fingerprint density at radius 3 is 1.46 bits per heavy atom. The Balaban J connectivity index is 0.000000349. The van der Waals surface area contributed by atoms with Gasteiger partial charge < -0.3 is 17.3 Å². The molecule has 0 radical (unpaired) electrons. The highest BCUT2D eigenvalue weighted by Gasteiger charge is 2.28. The van der Waals surface area contributed by atoms with Crippen LogP contribution in [-0.4, -0.2) is 13.0 Å². The largest absolute Gasteiger partial charge is 0.673 e. The molecule has 0 aliphatic carbocycles. The van der Waals surface area contributed by atoms with Crippen LogP contribution in [-0.2, 0) is 0 Å². The molecule has 0 N–H and O–H groups in total. The lowest BCUT2D eigenvalue weighted by atomic mass is 10.0. The van der Waals surface area contributed by atoms with Crippen LogP contribution in [0, 0.1) is 0 Å².